The lowest BCUT2D eigenvalue weighted by molar-refractivity contribution is 0.328. The third kappa shape index (κ3) is 2.03. The Balaban J connectivity index is 2.18. The number of nitrogens with one attached hydrogen (secondary N) is 1. The molecule has 0 aliphatic carbocycles. The first kappa shape index (κ1) is 11.6. The van der Waals surface area contributed by atoms with Gasteiger partial charge in [0, 0.05) is 6.20 Å². The molecule has 0 aliphatic rings. The molecule has 0 aromatic carbocycles. The quantitative estimate of drug-likeness (QED) is 0.780. The molecule has 19 heavy (non-hydrogen) atoms. The van der Waals surface area contributed by atoms with Gasteiger partial charge in [-0.15, -0.1) is 0 Å². The lowest BCUT2D eigenvalue weighted by Crippen LogP contribution is -1.97. The molecular formula is C14H14N4O. The predicted molar refractivity (Wildman–Crippen MR) is 73.0 cm³/mol. The Morgan fingerprint density at radius 3 is 3.11 bits per heavy atom. The maximum atomic E-state index is 5.55. The fourth-order valence-corrected chi connectivity index (χ4v) is 2.07. The minimum Gasteiger partial charge on any atom is -0.477 e. The molecule has 5 nitrogen and oxygen atoms in total. The van der Waals surface area contributed by atoms with Crippen LogP contribution < -0.4 is 4.74 Å². The summed E-state index contributed by atoms with van der Waals surface area (Å²) < 4.78 is 5.55. The number of rotatable bonds is 3. The summed E-state index contributed by atoms with van der Waals surface area (Å²) in [6, 6.07) is 5.86. The number of H-pyrrole nitrogens is 1. The van der Waals surface area contributed by atoms with Crippen LogP contribution >= 0.6 is 0 Å². The van der Waals surface area contributed by atoms with E-state index < -0.39 is 0 Å². The molecule has 3 aromatic heterocycles. The molecule has 3 aromatic rings. The Bertz CT molecular complexity index is 720. The molecule has 0 aliphatic heterocycles. The average Bonchev–Trinajstić information content (AvgIpc) is 2.88. The average molecular weight is 254 g/mol. The number of aromatic nitrogens is 4. The van der Waals surface area contributed by atoms with Crippen molar-refractivity contribution in [3.63, 3.8) is 0 Å². The van der Waals surface area contributed by atoms with Crippen LogP contribution in [0.15, 0.2) is 30.6 Å². The second kappa shape index (κ2) is 4.68. The standard InChI is InChI=1S/C14H14N4O/c1-3-19-14-10(5-4-6-15-14)11-7-9(2)13-12(17-11)8-16-18-13/h4-8H,3H2,1-2H3,(H,16,18). The number of nitrogens with zero attached hydrogens (tertiary/aromatic N) is 3. The fraction of sp³-hybridized carbons (Fsp3) is 0.214. The van der Waals surface area contributed by atoms with Crippen LogP contribution in [-0.4, -0.2) is 26.8 Å². The van der Waals surface area contributed by atoms with Gasteiger partial charge in [0.2, 0.25) is 5.88 Å². The lowest BCUT2D eigenvalue weighted by Gasteiger charge is -2.08. The van der Waals surface area contributed by atoms with Crippen molar-refractivity contribution in [1.29, 1.82) is 0 Å². The number of fused-ring (bicyclic) bond motifs is 1. The predicted octanol–water partition coefficient (Wildman–Crippen LogP) is 2.73. The van der Waals surface area contributed by atoms with E-state index in [-0.39, 0.29) is 0 Å². The van der Waals surface area contributed by atoms with E-state index in [4.69, 9.17) is 4.74 Å². The highest BCUT2D eigenvalue weighted by Crippen LogP contribution is 2.28. The first-order valence-electron chi connectivity index (χ1n) is 6.18. The molecule has 1 N–H and O–H groups in total. The first-order valence-corrected chi connectivity index (χ1v) is 6.18. The Kier molecular flexibility index (Phi) is 2.87. The van der Waals surface area contributed by atoms with Crippen molar-refractivity contribution in [1.82, 2.24) is 20.2 Å². The molecule has 0 radical (unpaired) electrons. The number of hydrogen-bond acceptors (Lipinski definition) is 4. The molecule has 0 unspecified atom stereocenters. The van der Waals surface area contributed by atoms with Crippen molar-refractivity contribution in [3.05, 3.63) is 36.2 Å². The van der Waals surface area contributed by atoms with Crippen molar-refractivity contribution in [2.75, 3.05) is 6.61 Å². The molecule has 96 valence electrons. The van der Waals surface area contributed by atoms with Crippen LogP contribution in [0.5, 0.6) is 5.88 Å². The third-order valence-corrected chi connectivity index (χ3v) is 2.94. The van der Waals surface area contributed by atoms with E-state index in [1.54, 1.807) is 12.4 Å². The van der Waals surface area contributed by atoms with E-state index >= 15 is 0 Å². The van der Waals surface area contributed by atoms with Gasteiger partial charge in [-0.25, -0.2) is 9.97 Å². The Morgan fingerprint density at radius 1 is 1.37 bits per heavy atom. The summed E-state index contributed by atoms with van der Waals surface area (Å²) in [6.07, 6.45) is 3.44. The summed E-state index contributed by atoms with van der Waals surface area (Å²) in [5.41, 5.74) is 4.66. The number of ether oxygens (including phenoxy) is 1. The van der Waals surface area contributed by atoms with E-state index in [1.807, 2.05) is 32.0 Å². The fourth-order valence-electron chi connectivity index (χ4n) is 2.07. The Hall–Kier alpha value is -2.43. The number of hydrogen-bond donors (Lipinski definition) is 1. The molecule has 0 amide bonds. The SMILES string of the molecule is CCOc1ncccc1-c1cc(C)c2[nH]ncc2n1. The minimum absolute atomic E-state index is 0.580. The lowest BCUT2D eigenvalue weighted by atomic mass is 10.1. The van der Waals surface area contributed by atoms with Gasteiger partial charge in [-0.05, 0) is 37.6 Å². The van der Waals surface area contributed by atoms with Crippen LogP contribution in [0.2, 0.25) is 0 Å². The highest BCUT2D eigenvalue weighted by Gasteiger charge is 2.11. The molecule has 0 saturated heterocycles. The van der Waals surface area contributed by atoms with Gasteiger partial charge in [-0.1, -0.05) is 0 Å². The van der Waals surface area contributed by atoms with E-state index in [2.05, 4.69) is 20.2 Å². The summed E-state index contributed by atoms with van der Waals surface area (Å²) in [5, 5.41) is 6.97. The maximum absolute atomic E-state index is 5.55. The Labute approximate surface area is 110 Å². The van der Waals surface area contributed by atoms with E-state index in [9.17, 15) is 0 Å². The third-order valence-electron chi connectivity index (χ3n) is 2.94. The van der Waals surface area contributed by atoms with E-state index in [1.165, 1.54) is 0 Å². The molecule has 0 spiro atoms. The van der Waals surface area contributed by atoms with E-state index in [0.717, 1.165) is 27.9 Å². The van der Waals surface area contributed by atoms with Crippen LogP contribution in [0.1, 0.15) is 12.5 Å². The number of pyridine rings is 2. The minimum atomic E-state index is 0.580. The van der Waals surface area contributed by atoms with Gasteiger partial charge in [0.05, 0.1) is 29.6 Å². The first-order chi connectivity index (χ1) is 9.29. The van der Waals surface area contributed by atoms with Gasteiger partial charge in [-0.2, -0.15) is 5.10 Å². The van der Waals surface area contributed by atoms with Crippen LogP contribution in [-0.2, 0) is 0 Å². The molecule has 0 atom stereocenters. The molecule has 0 fully saturated rings. The monoisotopic (exact) mass is 254 g/mol. The van der Waals surface area contributed by atoms with Gasteiger partial charge in [0.25, 0.3) is 0 Å². The summed E-state index contributed by atoms with van der Waals surface area (Å²) in [5.74, 6) is 0.611. The van der Waals surface area contributed by atoms with Crippen molar-refractivity contribution >= 4 is 11.0 Å². The van der Waals surface area contributed by atoms with Crippen molar-refractivity contribution in [2.45, 2.75) is 13.8 Å². The number of aromatic amines is 1. The van der Waals surface area contributed by atoms with Gasteiger partial charge in [0.15, 0.2) is 0 Å². The molecule has 5 heteroatoms. The summed E-state index contributed by atoms with van der Waals surface area (Å²) >= 11 is 0. The van der Waals surface area contributed by atoms with Crippen LogP contribution in [0, 0.1) is 6.92 Å². The normalized spacial score (nSPS) is 10.8. The zero-order valence-electron chi connectivity index (χ0n) is 10.8. The molecule has 0 saturated carbocycles. The molecule has 3 rings (SSSR count). The van der Waals surface area contributed by atoms with Gasteiger partial charge in [-0.3, -0.25) is 5.10 Å². The van der Waals surface area contributed by atoms with Crippen molar-refractivity contribution in [2.24, 2.45) is 0 Å². The second-order valence-electron chi connectivity index (χ2n) is 4.24. The van der Waals surface area contributed by atoms with Crippen LogP contribution in [0.3, 0.4) is 0 Å². The maximum Gasteiger partial charge on any atom is 0.222 e. The van der Waals surface area contributed by atoms with Crippen molar-refractivity contribution in [3.8, 4) is 17.1 Å². The highest BCUT2D eigenvalue weighted by atomic mass is 16.5. The summed E-state index contributed by atoms with van der Waals surface area (Å²) in [4.78, 5) is 8.85. The summed E-state index contributed by atoms with van der Waals surface area (Å²) in [6.45, 7) is 4.55. The molecular weight excluding hydrogens is 240 g/mol. The van der Waals surface area contributed by atoms with Crippen LogP contribution in [0.4, 0.5) is 0 Å². The van der Waals surface area contributed by atoms with Gasteiger partial charge < -0.3 is 4.74 Å². The second-order valence-corrected chi connectivity index (χ2v) is 4.24. The largest absolute Gasteiger partial charge is 0.477 e. The van der Waals surface area contributed by atoms with Crippen molar-refractivity contribution < 1.29 is 4.74 Å². The number of aryl methyl sites for hydroxylation is 1. The Morgan fingerprint density at radius 2 is 2.26 bits per heavy atom. The summed E-state index contributed by atoms with van der Waals surface area (Å²) in [7, 11) is 0. The zero-order chi connectivity index (χ0) is 13.2. The van der Waals surface area contributed by atoms with E-state index in [0.29, 0.717) is 12.5 Å². The smallest absolute Gasteiger partial charge is 0.222 e. The molecule has 3 heterocycles. The topological polar surface area (TPSA) is 63.7 Å². The van der Waals surface area contributed by atoms with Crippen LogP contribution in [0.25, 0.3) is 22.3 Å². The van der Waals surface area contributed by atoms with Gasteiger partial charge in [0.1, 0.15) is 5.52 Å². The van der Waals surface area contributed by atoms with Gasteiger partial charge >= 0.3 is 0 Å². The zero-order valence-corrected chi connectivity index (χ0v) is 10.8. The highest BCUT2D eigenvalue weighted by molar-refractivity contribution is 5.81. The molecule has 0 bridgehead atoms.